The van der Waals surface area contributed by atoms with E-state index in [0.717, 1.165) is 13.1 Å². The first-order valence-corrected chi connectivity index (χ1v) is 7.70. The predicted octanol–water partition coefficient (Wildman–Crippen LogP) is 2.99. The second-order valence-corrected chi connectivity index (χ2v) is 5.89. The van der Waals surface area contributed by atoms with Crippen LogP contribution in [0.25, 0.3) is 10.8 Å². The fourth-order valence-electron chi connectivity index (χ4n) is 2.51. The molecule has 5 nitrogen and oxygen atoms in total. The maximum atomic E-state index is 13.9. The number of fused-ring (bicyclic) bond motifs is 1. The van der Waals surface area contributed by atoms with E-state index in [1.54, 1.807) is 41.3 Å². The van der Waals surface area contributed by atoms with Crippen molar-refractivity contribution in [2.45, 2.75) is 6.54 Å². The van der Waals surface area contributed by atoms with E-state index in [1.165, 1.54) is 12.1 Å². The Bertz CT molecular complexity index is 872. The normalized spacial score (nSPS) is 11.2. The molecule has 24 heavy (non-hydrogen) atoms. The Hall–Kier alpha value is -2.73. The Kier molecular flexibility index (Phi) is 4.57. The number of halogens is 1. The van der Waals surface area contributed by atoms with Gasteiger partial charge in [-0.1, -0.05) is 24.3 Å². The van der Waals surface area contributed by atoms with E-state index in [-0.39, 0.29) is 11.7 Å². The first-order valence-electron chi connectivity index (χ1n) is 7.70. The zero-order valence-corrected chi connectivity index (χ0v) is 13.7. The van der Waals surface area contributed by atoms with Crippen molar-refractivity contribution in [1.82, 2.24) is 14.7 Å². The Morgan fingerprint density at radius 1 is 1.21 bits per heavy atom. The number of rotatable bonds is 5. The summed E-state index contributed by atoms with van der Waals surface area (Å²) in [6.07, 6.45) is 3.40. The Labute approximate surface area is 139 Å². The van der Waals surface area contributed by atoms with Crippen LogP contribution in [0.2, 0.25) is 0 Å². The number of hydrogen-bond donors (Lipinski definition) is 1. The molecule has 6 heteroatoms. The lowest BCUT2D eigenvalue weighted by Gasteiger charge is -2.09. The summed E-state index contributed by atoms with van der Waals surface area (Å²) in [7, 11) is 3.98. The molecule has 0 fully saturated rings. The van der Waals surface area contributed by atoms with E-state index in [0.29, 0.717) is 22.0 Å². The summed E-state index contributed by atoms with van der Waals surface area (Å²) < 4.78 is 15.6. The van der Waals surface area contributed by atoms with Gasteiger partial charge in [-0.2, -0.15) is 5.10 Å². The third-order valence-corrected chi connectivity index (χ3v) is 3.78. The van der Waals surface area contributed by atoms with Crippen LogP contribution in [0.4, 0.5) is 10.1 Å². The molecule has 1 heterocycles. The smallest absolute Gasteiger partial charge is 0.256 e. The minimum Gasteiger partial charge on any atom is -0.319 e. The molecule has 1 N–H and O–H groups in total. The fraction of sp³-hybridized carbons (Fsp3) is 0.222. The monoisotopic (exact) mass is 326 g/mol. The molecule has 0 saturated heterocycles. The van der Waals surface area contributed by atoms with Crippen LogP contribution in [0.5, 0.6) is 0 Å². The van der Waals surface area contributed by atoms with E-state index >= 15 is 0 Å². The third kappa shape index (κ3) is 3.44. The predicted molar refractivity (Wildman–Crippen MR) is 92.6 cm³/mol. The van der Waals surface area contributed by atoms with E-state index < -0.39 is 0 Å². The van der Waals surface area contributed by atoms with Crippen LogP contribution in [-0.4, -0.2) is 41.2 Å². The topological polar surface area (TPSA) is 50.2 Å². The standard InChI is InChI=1S/C18H19FN4O/c1-22(2)9-10-23-12-13(11-20-23)21-18(24)16-7-8-17(19)15-6-4-3-5-14(15)16/h3-8,11-12H,9-10H2,1-2H3,(H,21,24). The van der Waals surface area contributed by atoms with Gasteiger partial charge in [0.15, 0.2) is 0 Å². The van der Waals surface area contributed by atoms with E-state index in [9.17, 15) is 9.18 Å². The van der Waals surface area contributed by atoms with Gasteiger partial charge < -0.3 is 10.2 Å². The molecule has 0 bridgehead atoms. The second kappa shape index (κ2) is 6.80. The van der Waals surface area contributed by atoms with Crippen molar-refractivity contribution in [3.05, 3.63) is 60.2 Å². The van der Waals surface area contributed by atoms with Crippen molar-refractivity contribution in [2.24, 2.45) is 0 Å². The van der Waals surface area contributed by atoms with Crippen LogP contribution >= 0.6 is 0 Å². The lowest BCUT2D eigenvalue weighted by atomic mass is 10.0. The molecule has 0 aliphatic rings. The van der Waals surface area contributed by atoms with Gasteiger partial charge in [-0.05, 0) is 31.6 Å². The molecule has 3 aromatic rings. The van der Waals surface area contributed by atoms with Gasteiger partial charge in [0.1, 0.15) is 5.82 Å². The van der Waals surface area contributed by atoms with Crippen molar-refractivity contribution in [2.75, 3.05) is 26.0 Å². The molecule has 2 aromatic carbocycles. The van der Waals surface area contributed by atoms with Crippen LogP contribution in [-0.2, 0) is 6.54 Å². The first-order chi connectivity index (χ1) is 11.5. The van der Waals surface area contributed by atoms with Gasteiger partial charge in [-0.15, -0.1) is 0 Å². The molecule has 1 amide bonds. The summed E-state index contributed by atoms with van der Waals surface area (Å²) in [4.78, 5) is 14.6. The number of nitrogens with one attached hydrogen (secondary N) is 1. The number of likely N-dealkylation sites (N-methyl/N-ethyl adjacent to an activating group) is 1. The summed E-state index contributed by atoms with van der Waals surface area (Å²) in [5.41, 5.74) is 1.06. The van der Waals surface area contributed by atoms with E-state index in [4.69, 9.17) is 0 Å². The van der Waals surface area contributed by atoms with Gasteiger partial charge in [0.2, 0.25) is 0 Å². The van der Waals surface area contributed by atoms with Crippen molar-refractivity contribution in [3.63, 3.8) is 0 Å². The summed E-state index contributed by atoms with van der Waals surface area (Å²) in [5.74, 6) is -0.614. The molecule has 124 valence electrons. The molecule has 0 aliphatic heterocycles. The largest absolute Gasteiger partial charge is 0.319 e. The maximum Gasteiger partial charge on any atom is 0.256 e. The minimum atomic E-state index is -0.335. The highest BCUT2D eigenvalue weighted by Crippen LogP contribution is 2.22. The van der Waals surface area contributed by atoms with E-state index in [2.05, 4.69) is 15.3 Å². The Balaban J connectivity index is 1.80. The number of hydrogen-bond acceptors (Lipinski definition) is 3. The highest BCUT2D eigenvalue weighted by Gasteiger charge is 2.13. The van der Waals surface area contributed by atoms with Crippen molar-refractivity contribution < 1.29 is 9.18 Å². The average molecular weight is 326 g/mol. The summed E-state index contributed by atoms with van der Waals surface area (Å²) in [6.45, 7) is 1.60. The molecule has 0 spiro atoms. The third-order valence-electron chi connectivity index (χ3n) is 3.78. The molecule has 0 atom stereocenters. The van der Waals surface area contributed by atoms with Gasteiger partial charge in [-0.3, -0.25) is 9.48 Å². The van der Waals surface area contributed by atoms with Gasteiger partial charge in [-0.25, -0.2) is 4.39 Å². The zero-order valence-electron chi connectivity index (χ0n) is 13.7. The summed E-state index contributed by atoms with van der Waals surface area (Å²) >= 11 is 0. The fourth-order valence-corrected chi connectivity index (χ4v) is 2.51. The van der Waals surface area contributed by atoms with E-state index in [1.807, 2.05) is 14.1 Å². The van der Waals surface area contributed by atoms with Gasteiger partial charge in [0, 0.05) is 23.7 Å². The maximum absolute atomic E-state index is 13.9. The molecular weight excluding hydrogens is 307 g/mol. The van der Waals surface area contributed by atoms with Crippen molar-refractivity contribution >= 4 is 22.4 Å². The van der Waals surface area contributed by atoms with Crippen molar-refractivity contribution in [1.29, 1.82) is 0 Å². The molecule has 0 saturated carbocycles. The molecular formula is C18H19FN4O. The number of benzene rings is 2. The molecule has 3 rings (SSSR count). The molecule has 0 aliphatic carbocycles. The van der Waals surface area contributed by atoms with Gasteiger partial charge >= 0.3 is 0 Å². The highest BCUT2D eigenvalue weighted by atomic mass is 19.1. The average Bonchev–Trinajstić information content (AvgIpc) is 3.01. The molecule has 0 radical (unpaired) electrons. The van der Waals surface area contributed by atoms with Crippen LogP contribution < -0.4 is 5.32 Å². The van der Waals surface area contributed by atoms with Crippen LogP contribution in [0.3, 0.4) is 0 Å². The minimum absolute atomic E-state index is 0.279. The zero-order chi connectivity index (χ0) is 17.1. The SMILES string of the molecule is CN(C)CCn1cc(NC(=O)c2ccc(F)c3ccccc23)cn1. The highest BCUT2D eigenvalue weighted by molar-refractivity contribution is 6.12. The van der Waals surface area contributed by atoms with Gasteiger partial charge in [0.05, 0.1) is 18.4 Å². The number of carbonyl (C=O) groups is 1. The number of aromatic nitrogens is 2. The first kappa shape index (κ1) is 16.1. The van der Waals surface area contributed by atoms with Crippen LogP contribution in [0.1, 0.15) is 10.4 Å². The van der Waals surface area contributed by atoms with Crippen LogP contribution in [0.15, 0.2) is 48.8 Å². The second-order valence-electron chi connectivity index (χ2n) is 5.89. The van der Waals surface area contributed by atoms with Crippen LogP contribution in [0, 0.1) is 5.82 Å². The van der Waals surface area contributed by atoms with Crippen molar-refractivity contribution in [3.8, 4) is 0 Å². The number of nitrogens with zero attached hydrogens (tertiary/aromatic N) is 3. The number of amides is 1. The lowest BCUT2D eigenvalue weighted by Crippen LogP contribution is -2.18. The Morgan fingerprint density at radius 2 is 1.96 bits per heavy atom. The molecule has 0 unspecified atom stereocenters. The quantitative estimate of drug-likeness (QED) is 0.784. The Morgan fingerprint density at radius 3 is 2.71 bits per heavy atom. The lowest BCUT2D eigenvalue weighted by molar-refractivity contribution is 0.102. The molecule has 1 aromatic heterocycles. The number of carbonyl (C=O) groups excluding carboxylic acids is 1. The summed E-state index contributed by atoms with van der Waals surface area (Å²) in [6, 6.07) is 9.77. The van der Waals surface area contributed by atoms with Gasteiger partial charge in [0.25, 0.3) is 5.91 Å². The number of anilines is 1. The summed E-state index contributed by atoms with van der Waals surface area (Å²) in [5, 5.41) is 8.08.